The number of hydrogen-bond acceptors (Lipinski definition) is 3. The molecule has 1 unspecified atom stereocenters. The zero-order valence-electron chi connectivity index (χ0n) is 12.1. The molecule has 0 bridgehead atoms. The van der Waals surface area contributed by atoms with Crippen molar-refractivity contribution in [3.8, 4) is 0 Å². The van der Waals surface area contributed by atoms with Gasteiger partial charge in [-0.25, -0.2) is 0 Å². The van der Waals surface area contributed by atoms with Crippen molar-refractivity contribution in [3.63, 3.8) is 0 Å². The van der Waals surface area contributed by atoms with E-state index in [4.69, 9.17) is 11.6 Å². The van der Waals surface area contributed by atoms with Crippen molar-refractivity contribution in [2.24, 2.45) is 0 Å². The van der Waals surface area contributed by atoms with Crippen molar-refractivity contribution in [2.75, 3.05) is 19.0 Å². The maximum absolute atomic E-state index is 12.1. The number of benzene rings is 2. The molecule has 4 heteroatoms. The highest BCUT2D eigenvalue weighted by Crippen LogP contribution is 2.20. The molecule has 0 aromatic heterocycles. The Morgan fingerprint density at radius 1 is 1.19 bits per heavy atom. The Labute approximate surface area is 129 Å². The average Bonchev–Trinajstić information content (AvgIpc) is 2.47. The van der Waals surface area contributed by atoms with Gasteiger partial charge in [0.05, 0.1) is 0 Å². The molecule has 0 spiro atoms. The molecule has 0 heterocycles. The number of aliphatic hydroxyl groups is 1. The first kappa shape index (κ1) is 15.5. The number of Topliss-reactive ketones (excluding diaryl/α,β-unsaturated/α-hetero) is 1. The Bertz CT molecular complexity index is 623. The highest BCUT2D eigenvalue weighted by molar-refractivity contribution is 6.30. The van der Waals surface area contributed by atoms with Gasteiger partial charge in [-0.15, -0.1) is 0 Å². The summed E-state index contributed by atoms with van der Waals surface area (Å²) >= 11 is 5.87. The minimum Gasteiger partial charge on any atom is -0.381 e. The molecule has 1 N–H and O–H groups in total. The third-order valence-electron chi connectivity index (χ3n) is 3.30. The van der Waals surface area contributed by atoms with Crippen LogP contribution in [0.25, 0.3) is 0 Å². The molecular formula is C17H18ClNO2. The number of aliphatic hydroxyl groups excluding tert-OH is 1. The predicted octanol–water partition coefficient (Wildman–Crippen LogP) is 3.25. The quantitative estimate of drug-likeness (QED) is 0.922. The number of carbonyl (C=O) groups excluding carboxylic acids is 1. The van der Waals surface area contributed by atoms with Crippen molar-refractivity contribution in [1.82, 2.24) is 0 Å². The van der Waals surface area contributed by atoms with E-state index in [1.54, 1.807) is 24.3 Å². The molecule has 3 nitrogen and oxygen atoms in total. The standard InChI is InChI=1S/C17H18ClNO2/c1-19(2)15-8-6-12(7-9-15)10-16(20)17(21)13-4-3-5-14(18)11-13/h3-9,11,17,21H,10H2,1-2H3. The lowest BCUT2D eigenvalue weighted by molar-refractivity contribution is -0.126. The fraction of sp³-hybridized carbons (Fsp3) is 0.235. The second kappa shape index (κ2) is 6.74. The molecule has 0 saturated heterocycles. The SMILES string of the molecule is CN(C)c1ccc(CC(=O)C(O)c2cccc(Cl)c2)cc1. The lowest BCUT2D eigenvalue weighted by Gasteiger charge is -2.13. The zero-order valence-corrected chi connectivity index (χ0v) is 12.8. The first-order valence-electron chi connectivity index (χ1n) is 6.70. The number of hydrogen-bond donors (Lipinski definition) is 1. The normalized spacial score (nSPS) is 12.0. The summed E-state index contributed by atoms with van der Waals surface area (Å²) in [6, 6.07) is 14.4. The molecule has 0 saturated carbocycles. The smallest absolute Gasteiger partial charge is 0.170 e. The van der Waals surface area contributed by atoms with Crippen LogP contribution in [0.15, 0.2) is 48.5 Å². The number of nitrogens with zero attached hydrogens (tertiary/aromatic N) is 1. The summed E-state index contributed by atoms with van der Waals surface area (Å²) in [6.07, 6.45) is -0.946. The zero-order chi connectivity index (χ0) is 15.4. The first-order valence-corrected chi connectivity index (χ1v) is 7.07. The van der Waals surface area contributed by atoms with Gasteiger partial charge in [0.1, 0.15) is 6.10 Å². The summed E-state index contributed by atoms with van der Waals surface area (Å²) in [5, 5.41) is 10.6. The van der Waals surface area contributed by atoms with Gasteiger partial charge in [-0.1, -0.05) is 35.9 Å². The lowest BCUT2D eigenvalue weighted by Crippen LogP contribution is -2.14. The second-order valence-electron chi connectivity index (χ2n) is 5.16. The largest absolute Gasteiger partial charge is 0.381 e. The molecule has 1 atom stereocenters. The van der Waals surface area contributed by atoms with Gasteiger partial charge in [0.25, 0.3) is 0 Å². The van der Waals surface area contributed by atoms with Crippen LogP contribution >= 0.6 is 11.6 Å². The third kappa shape index (κ3) is 4.06. The van der Waals surface area contributed by atoms with Crippen molar-refractivity contribution in [2.45, 2.75) is 12.5 Å². The summed E-state index contributed by atoms with van der Waals surface area (Å²) in [5.41, 5.74) is 2.48. The van der Waals surface area contributed by atoms with E-state index >= 15 is 0 Å². The summed E-state index contributed by atoms with van der Waals surface area (Å²) < 4.78 is 0. The summed E-state index contributed by atoms with van der Waals surface area (Å²) in [5.74, 6) is -0.241. The van der Waals surface area contributed by atoms with Crippen molar-refractivity contribution in [1.29, 1.82) is 0 Å². The van der Waals surface area contributed by atoms with Crippen LogP contribution in [-0.4, -0.2) is 25.0 Å². The Balaban J connectivity index is 2.07. The average molecular weight is 304 g/mol. The number of ketones is 1. The number of rotatable bonds is 5. The van der Waals surface area contributed by atoms with Gasteiger partial charge in [0.15, 0.2) is 5.78 Å². The van der Waals surface area contributed by atoms with Crippen LogP contribution in [-0.2, 0) is 11.2 Å². The van der Waals surface area contributed by atoms with Gasteiger partial charge in [0, 0.05) is 31.2 Å². The molecule has 2 aromatic rings. The molecule has 0 aliphatic heterocycles. The van der Waals surface area contributed by atoms with E-state index in [1.165, 1.54) is 0 Å². The fourth-order valence-corrected chi connectivity index (χ4v) is 2.27. The molecular weight excluding hydrogens is 286 g/mol. The lowest BCUT2D eigenvalue weighted by atomic mass is 10.00. The number of anilines is 1. The monoisotopic (exact) mass is 303 g/mol. The Hall–Kier alpha value is -1.84. The summed E-state index contributed by atoms with van der Waals surface area (Å²) in [7, 11) is 3.92. The van der Waals surface area contributed by atoms with Crippen LogP contribution in [0.5, 0.6) is 0 Å². The van der Waals surface area contributed by atoms with Crippen LogP contribution in [0.3, 0.4) is 0 Å². The van der Waals surface area contributed by atoms with Crippen molar-refractivity contribution < 1.29 is 9.90 Å². The second-order valence-corrected chi connectivity index (χ2v) is 5.60. The number of halogens is 1. The van der Waals surface area contributed by atoms with E-state index in [0.29, 0.717) is 10.6 Å². The molecule has 110 valence electrons. The maximum Gasteiger partial charge on any atom is 0.170 e. The highest BCUT2D eigenvalue weighted by atomic mass is 35.5. The van der Waals surface area contributed by atoms with Gasteiger partial charge in [0.2, 0.25) is 0 Å². The molecule has 0 aliphatic carbocycles. The van der Waals surface area contributed by atoms with Crippen LogP contribution in [0.2, 0.25) is 5.02 Å². The maximum atomic E-state index is 12.1. The van der Waals surface area contributed by atoms with Crippen LogP contribution in [0.1, 0.15) is 17.2 Å². The van der Waals surface area contributed by atoms with Crippen LogP contribution in [0.4, 0.5) is 5.69 Å². The summed E-state index contributed by atoms with van der Waals surface area (Å²) in [4.78, 5) is 14.1. The van der Waals surface area contributed by atoms with E-state index in [2.05, 4.69) is 0 Å². The van der Waals surface area contributed by atoms with Gasteiger partial charge < -0.3 is 10.0 Å². The van der Waals surface area contributed by atoms with E-state index in [0.717, 1.165) is 11.3 Å². The summed E-state index contributed by atoms with van der Waals surface area (Å²) in [6.45, 7) is 0. The van der Waals surface area contributed by atoms with Gasteiger partial charge in [-0.2, -0.15) is 0 Å². The minimum atomic E-state index is -1.14. The van der Waals surface area contributed by atoms with Gasteiger partial charge in [-0.3, -0.25) is 4.79 Å². The van der Waals surface area contributed by atoms with Gasteiger partial charge in [-0.05, 0) is 35.4 Å². The minimum absolute atomic E-state index is 0.196. The molecule has 0 radical (unpaired) electrons. The van der Waals surface area contributed by atoms with E-state index in [9.17, 15) is 9.90 Å². The van der Waals surface area contributed by atoms with Crippen molar-refractivity contribution >= 4 is 23.1 Å². The Morgan fingerprint density at radius 3 is 2.43 bits per heavy atom. The highest BCUT2D eigenvalue weighted by Gasteiger charge is 2.17. The van der Waals surface area contributed by atoms with E-state index in [-0.39, 0.29) is 12.2 Å². The third-order valence-corrected chi connectivity index (χ3v) is 3.54. The molecule has 21 heavy (non-hydrogen) atoms. The Morgan fingerprint density at radius 2 is 1.86 bits per heavy atom. The van der Waals surface area contributed by atoms with Gasteiger partial charge >= 0.3 is 0 Å². The predicted molar refractivity (Wildman–Crippen MR) is 85.9 cm³/mol. The van der Waals surface area contributed by atoms with Crippen LogP contribution in [0, 0.1) is 0 Å². The molecule has 2 rings (SSSR count). The molecule has 0 amide bonds. The molecule has 0 aliphatic rings. The van der Waals surface area contributed by atoms with E-state index < -0.39 is 6.10 Å². The fourth-order valence-electron chi connectivity index (χ4n) is 2.07. The Kier molecular flexibility index (Phi) is 4.99. The number of carbonyl (C=O) groups is 1. The first-order chi connectivity index (χ1) is 9.97. The van der Waals surface area contributed by atoms with Crippen molar-refractivity contribution in [3.05, 3.63) is 64.7 Å². The van der Waals surface area contributed by atoms with E-state index in [1.807, 2.05) is 43.3 Å². The molecule has 2 aromatic carbocycles. The molecule has 0 fully saturated rings. The van der Waals surface area contributed by atoms with Crippen LogP contribution < -0.4 is 4.90 Å². The topological polar surface area (TPSA) is 40.5 Å².